The van der Waals surface area contributed by atoms with Crippen molar-refractivity contribution in [3.05, 3.63) is 0 Å². The van der Waals surface area contributed by atoms with Crippen molar-refractivity contribution in [3.63, 3.8) is 0 Å². The van der Waals surface area contributed by atoms with Crippen molar-refractivity contribution in [1.82, 2.24) is 0 Å². The van der Waals surface area contributed by atoms with Gasteiger partial charge in [-0.1, -0.05) is 0 Å². The van der Waals surface area contributed by atoms with Gasteiger partial charge < -0.3 is 25.6 Å². The molecule has 0 saturated heterocycles. The smallest absolute Gasteiger partial charge is 1.00 e. The first-order valence-electron chi connectivity index (χ1n) is 1.27. The summed E-state index contributed by atoms with van der Waals surface area (Å²) in [5.41, 5.74) is 0. The first kappa shape index (κ1) is 22.6. The fraction of sp³-hybridized carbons (Fsp3) is 0. The molecule has 4 nitrogen and oxygen atoms in total. The molecule has 0 amide bonds. The SMILES string of the molecule is O[Si](O)(O)O.[F][AlH2].[H-].[H-].[Sr+2].[Zn]. The van der Waals surface area contributed by atoms with Crippen molar-refractivity contribution in [1.29, 1.82) is 0 Å². The minimum absolute atomic E-state index is 0. The molecule has 9 heavy (non-hydrogen) atoms. The van der Waals surface area contributed by atoms with Crippen molar-refractivity contribution in [2.45, 2.75) is 0 Å². The van der Waals surface area contributed by atoms with E-state index in [-0.39, 0.29) is 84.6 Å². The van der Waals surface area contributed by atoms with Crippen LogP contribution in [0.4, 0.5) is 3.52 Å². The Morgan fingerprint density at radius 2 is 1.11 bits per heavy atom. The van der Waals surface area contributed by atoms with Gasteiger partial charge in [-0.3, -0.25) is 0 Å². The van der Waals surface area contributed by atoms with Gasteiger partial charge in [-0.2, -0.15) is 0 Å². The Morgan fingerprint density at radius 3 is 1.11 bits per heavy atom. The zero-order valence-corrected chi connectivity index (χ0v) is 14.5. The van der Waals surface area contributed by atoms with Gasteiger partial charge >= 0.3 is 71.3 Å². The van der Waals surface area contributed by atoms with Gasteiger partial charge in [0.15, 0.2) is 0 Å². The van der Waals surface area contributed by atoms with Crippen molar-refractivity contribution < 1.29 is 45.0 Å². The third kappa shape index (κ3) is 115. The van der Waals surface area contributed by atoms with Crippen LogP contribution in [0.15, 0.2) is 0 Å². The van der Waals surface area contributed by atoms with Crippen molar-refractivity contribution in [2.75, 3.05) is 0 Å². The van der Waals surface area contributed by atoms with E-state index in [0.717, 1.165) is 0 Å². The summed E-state index contributed by atoms with van der Waals surface area (Å²) in [4.78, 5) is 29.3. The maximum atomic E-state index is 9.64. The summed E-state index contributed by atoms with van der Waals surface area (Å²) in [7, 11) is -4.61. The summed E-state index contributed by atoms with van der Waals surface area (Å²) in [5.74, 6) is 0. The van der Waals surface area contributed by atoms with Gasteiger partial charge in [0.1, 0.15) is 0 Å². The molecule has 0 radical (unpaired) electrons. The third-order valence-electron chi connectivity index (χ3n) is 0. The van der Waals surface area contributed by atoms with Crippen molar-refractivity contribution in [3.8, 4) is 0 Å². The second-order valence-corrected chi connectivity index (χ2v) is 1.80. The molecule has 0 bridgehead atoms. The van der Waals surface area contributed by atoms with Gasteiger partial charge in [-0.05, 0) is 0 Å². The Kier molecular flexibility index (Phi) is 33.2. The van der Waals surface area contributed by atoms with E-state index in [2.05, 4.69) is 0 Å². The summed E-state index contributed by atoms with van der Waals surface area (Å²) in [5, 5.41) is 0. The molecular weight excluding hydrogens is 291 g/mol. The normalized spacial score (nSPS) is 7.22. The third-order valence-corrected chi connectivity index (χ3v) is 0. The molecule has 0 heterocycles. The van der Waals surface area contributed by atoms with Crippen LogP contribution in [0.1, 0.15) is 2.85 Å². The molecular formula is H8AlFO4SiSrZn. The van der Waals surface area contributed by atoms with Crippen molar-refractivity contribution in [2.24, 2.45) is 0 Å². The predicted octanol–water partition coefficient (Wildman–Crippen LogP) is -3.26. The molecule has 50 valence electrons. The minimum Gasteiger partial charge on any atom is -1.00 e. The molecule has 0 aromatic heterocycles. The fourth-order valence-corrected chi connectivity index (χ4v) is 0. The average molecular weight is 299 g/mol. The summed E-state index contributed by atoms with van der Waals surface area (Å²) in [6, 6.07) is 0. The Morgan fingerprint density at radius 1 is 1.11 bits per heavy atom. The van der Waals surface area contributed by atoms with E-state index in [1.54, 1.807) is 0 Å². The molecule has 4 N–H and O–H groups in total. The van der Waals surface area contributed by atoms with Crippen LogP contribution in [0.25, 0.3) is 0 Å². The van der Waals surface area contributed by atoms with Gasteiger partial charge in [-0.15, -0.1) is 0 Å². The van der Waals surface area contributed by atoms with Crippen molar-refractivity contribution >= 4 is 71.3 Å². The van der Waals surface area contributed by atoms with Crippen LogP contribution in [0, 0.1) is 0 Å². The van der Waals surface area contributed by atoms with Crippen LogP contribution in [0.3, 0.4) is 0 Å². The van der Waals surface area contributed by atoms with Crippen LogP contribution in [-0.2, 0) is 19.5 Å². The fourth-order valence-electron chi connectivity index (χ4n) is 0. The van der Waals surface area contributed by atoms with Gasteiger partial charge in [-0.25, -0.2) is 0 Å². The monoisotopic (exact) mass is 298 g/mol. The molecule has 0 unspecified atom stereocenters. The van der Waals surface area contributed by atoms with Crippen LogP contribution in [0.5, 0.6) is 0 Å². The Labute approximate surface area is 114 Å². The van der Waals surface area contributed by atoms with Gasteiger partial charge in [0, 0.05) is 19.5 Å². The molecule has 0 aliphatic rings. The van der Waals surface area contributed by atoms with E-state index in [0.29, 0.717) is 0 Å². The second-order valence-electron chi connectivity index (χ2n) is 0.600. The average Bonchev–Trinajstić information content (AvgIpc) is 1.36. The molecule has 0 aromatic rings. The maximum Gasteiger partial charge on any atom is 2.00 e. The molecule has 0 fully saturated rings. The molecule has 0 aromatic carbocycles. The van der Waals surface area contributed by atoms with Crippen LogP contribution >= 0.6 is 0 Å². The van der Waals surface area contributed by atoms with Gasteiger partial charge in [0.05, 0.1) is 0 Å². The number of hydrogen-bond donors (Lipinski definition) is 4. The Hall–Kier alpha value is 2.62. The number of rotatable bonds is 0. The van der Waals surface area contributed by atoms with E-state index in [1.165, 1.54) is 0 Å². The zero-order valence-electron chi connectivity index (χ0n) is 7.08. The summed E-state index contributed by atoms with van der Waals surface area (Å²) in [6.07, 6.45) is 0. The topological polar surface area (TPSA) is 80.9 Å². The van der Waals surface area contributed by atoms with Gasteiger partial charge in [0.2, 0.25) is 0 Å². The van der Waals surface area contributed by atoms with Crippen LogP contribution < -0.4 is 0 Å². The largest absolute Gasteiger partial charge is 2.00 e. The summed E-state index contributed by atoms with van der Waals surface area (Å²) in [6.45, 7) is 0. The van der Waals surface area contributed by atoms with E-state index in [9.17, 15) is 3.52 Å². The Bertz CT molecular complexity index is 43.6. The summed E-state index contributed by atoms with van der Waals surface area (Å²) < 4.78 is 9.64. The summed E-state index contributed by atoms with van der Waals surface area (Å²) >= 11 is -0.194. The molecule has 0 aliphatic heterocycles. The van der Waals surface area contributed by atoms with E-state index in [4.69, 9.17) is 19.2 Å². The van der Waals surface area contributed by atoms with Gasteiger partial charge in [0.25, 0.3) is 0 Å². The molecule has 0 spiro atoms. The maximum absolute atomic E-state index is 9.64. The zero-order chi connectivity index (χ0) is 6.50. The first-order valence-corrected chi connectivity index (χ1v) is 3.82. The minimum atomic E-state index is -4.61. The van der Waals surface area contributed by atoms with Crippen LogP contribution in [-0.4, -0.2) is 90.5 Å². The van der Waals surface area contributed by atoms with E-state index in [1.807, 2.05) is 0 Å². The number of hydrogen-bond acceptors (Lipinski definition) is 4. The molecule has 0 aliphatic carbocycles. The molecule has 9 heteroatoms. The van der Waals surface area contributed by atoms with Crippen LogP contribution in [0.2, 0.25) is 0 Å². The molecule has 0 rings (SSSR count). The van der Waals surface area contributed by atoms with E-state index >= 15 is 0 Å². The quantitative estimate of drug-likeness (QED) is 0.354. The molecule has 0 saturated carbocycles. The van der Waals surface area contributed by atoms with E-state index < -0.39 is 9.05 Å². The predicted molar refractivity (Wildman–Crippen MR) is 32.3 cm³/mol. The Balaban J connectivity index is -0.00000000972. The number of halogens is 1. The standard InChI is InChI=1S/Al.FH.H4O4Si.Sr.Zn.4H/c;;1-5(2,3)4;;;;;;/h;1H;1-4H;;;;;;/q+1;;;+2;;;;2*-1/p-1. The molecule has 0 atom stereocenters. The first-order chi connectivity index (χ1) is 3.00. The second kappa shape index (κ2) is 13.2.